The predicted molar refractivity (Wildman–Crippen MR) is 78.1 cm³/mol. The van der Waals surface area contributed by atoms with E-state index in [9.17, 15) is 0 Å². The van der Waals surface area contributed by atoms with Crippen molar-refractivity contribution in [2.24, 2.45) is 0 Å². The molecule has 102 valence electrons. The van der Waals surface area contributed by atoms with Gasteiger partial charge in [0.1, 0.15) is 0 Å². The van der Waals surface area contributed by atoms with Gasteiger partial charge in [0.05, 0.1) is 5.01 Å². The van der Waals surface area contributed by atoms with Crippen molar-refractivity contribution in [3.8, 4) is 0 Å². The van der Waals surface area contributed by atoms with E-state index in [1.165, 1.54) is 55.2 Å². The average molecular weight is 267 g/mol. The zero-order chi connectivity index (χ0) is 12.6. The van der Waals surface area contributed by atoms with Gasteiger partial charge in [-0.1, -0.05) is 13.3 Å². The van der Waals surface area contributed by atoms with Gasteiger partial charge in [-0.3, -0.25) is 0 Å². The van der Waals surface area contributed by atoms with E-state index in [4.69, 9.17) is 0 Å². The number of thiazole rings is 1. The van der Waals surface area contributed by atoms with Crippen LogP contribution in [0.1, 0.15) is 42.5 Å². The Bertz CT molecular complexity index is 332. The summed E-state index contributed by atoms with van der Waals surface area (Å²) >= 11 is 1.87. The molecule has 0 radical (unpaired) electrons. The number of aromatic nitrogens is 1. The first kappa shape index (κ1) is 14.0. The summed E-state index contributed by atoms with van der Waals surface area (Å²) in [6.45, 7) is 8.10. The number of likely N-dealkylation sites (tertiary alicyclic amines) is 1. The highest BCUT2D eigenvalue weighted by Crippen LogP contribution is 2.15. The minimum absolute atomic E-state index is 0.987. The predicted octanol–water partition coefficient (Wildman–Crippen LogP) is 2.67. The van der Waals surface area contributed by atoms with E-state index in [1.54, 1.807) is 0 Å². The SMILES string of the molecule is CCCCNCc1cnc(CCN2CCCC2)s1. The van der Waals surface area contributed by atoms with Crippen LogP contribution >= 0.6 is 11.3 Å². The van der Waals surface area contributed by atoms with Crippen LogP contribution in [0.3, 0.4) is 0 Å². The zero-order valence-electron chi connectivity index (χ0n) is 11.5. The molecule has 0 spiro atoms. The second-order valence-corrected chi connectivity index (χ2v) is 6.25. The lowest BCUT2D eigenvalue weighted by Crippen LogP contribution is -2.21. The van der Waals surface area contributed by atoms with E-state index in [2.05, 4.69) is 22.1 Å². The molecule has 1 aromatic heterocycles. The molecule has 0 atom stereocenters. The highest BCUT2D eigenvalue weighted by Gasteiger charge is 2.11. The molecule has 2 rings (SSSR count). The lowest BCUT2D eigenvalue weighted by molar-refractivity contribution is 0.343. The summed E-state index contributed by atoms with van der Waals surface area (Å²) in [5.74, 6) is 0. The van der Waals surface area contributed by atoms with Gasteiger partial charge in [-0.25, -0.2) is 4.98 Å². The zero-order valence-corrected chi connectivity index (χ0v) is 12.3. The molecule has 0 bridgehead atoms. The fourth-order valence-corrected chi connectivity index (χ4v) is 3.20. The first-order valence-electron chi connectivity index (χ1n) is 7.25. The van der Waals surface area contributed by atoms with Crippen LogP contribution in [0, 0.1) is 0 Å². The number of rotatable bonds is 8. The highest BCUT2D eigenvalue weighted by molar-refractivity contribution is 7.11. The van der Waals surface area contributed by atoms with E-state index in [0.717, 1.165) is 19.5 Å². The maximum atomic E-state index is 4.53. The van der Waals surface area contributed by atoms with Gasteiger partial charge in [0.15, 0.2) is 0 Å². The van der Waals surface area contributed by atoms with Crippen molar-refractivity contribution in [2.75, 3.05) is 26.2 Å². The highest BCUT2D eigenvalue weighted by atomic mass is 32.1. The molecular weight excluding hydrogens is 242 g/mol. The van der Waals surface area contributed by atoms with E-state index in [0.29, 0.717) is 0 Å². The lowest BCUT2D eigenvalue weighted by atomic mass is 10.3. The number of hydrogen-bond acceptors (Lipinski definition) is 4. The third-order valence-electron chi connectivity index (χ3n) is 3.45. The van der Waals surface area contributed by atoms with Gasteiger partial charge < -0.3 is 10.2 Å². The van der Waals surface area contributed by atoms with Gasteiger partial charge in [0.25, 0.3) is 0 Å². The second kappa shape index (κ2) is 7.87. The van der Waals surface area contributed by atoms with Crippen LogP contribution in [0.2, 0.25) is 0 Å². The lowest BCUT2D eigenvalue weighted by Gasteiger charge is -2.12. The third-order valence-corrected chi connectivity index (χ3v) is 4.51. The molecule has 1 fully saturated rings. The van der Waals surface area contributed by atoms with Gasteiger partial charge >= 0.3 is 0 Å². The van der Waals surface area contributed by atoms with Crippen molar-refractivity contribution in [1.82, 2.24) is 15.2 Å². The van der Waals surface area contributed by atoms with Crippen LogP contribution < -0.4 is 5.32 Å². The monoisotopic (exact) mass is 267 g/mol. The molecule has 3 nitrogen and oxygen atoms in total. The molecule has 1 aliphatic rings. The summed E-state index contributed by atoms with van der Waals surface area (Å²) in [5, 5.41) is 4.77. The number of unbranched alkanes of at least 4 members (excludes halogenated alkanes) is 1. The Morgan fingerprint density at radius 3 is 3.00 bits per heavy atom. The summed E-state index contributed by atoms with van der Waals surface area (Å²) in [6, 6.07) is 0. The van der Waals surface area contributed by atoms with E-state index in [-0.39, 0.29) is 0 Å². The molecule has 0 saturated carbocycles. The topological polar surface area (TPSA) is 28.2 Å². The molecule has 2 heterocycles. The molecule has 1 aliphatic heterocycles. The molecule has 1 N–H and O–H groups in total. The van der Waals surface area contributed by atoms with Crippen LogP contribution in [0.5, 0.6) is 0 Å². The molecule has 0 aromatic carbocycles. The van der Waals surface area contributed by atoms with E-state index >= 15 is 0 Å². The standard InChI is InChI=1S/C14H25N3S/c1-2-3-7-15-11-13-12-16-14(18-13)6-10-17-8-4-5-9-17/h12,15H,2-11H2,1H3. The maximum Gasteiger partial charge on any atom is 0.0940 e. The minimum atomic E-state index is 0.987. The van der Waals surface area contributed by atoms with Gasteiger partial charge in [0.2, 0.25) is 0 Å². The van der Waals surface area contributed by atoms with Crippen LogP contribution in [-0.2, 0) is 13.0 Å². The Kier molecular flexibility index (Phi) is 6.11. The Hall–Kier alpha value is -0.450. The minimum Gasteiger partial charge on any atom is -0.312 e. The van der Waals surface area contributed by atoms with Crippen molar-refractivity contribution >= 4 is 11.3 Å². The van der Waals surface area contributed by atoms with E-state index < -0.39 is 0 Å². The van der Waals surface area contributed by atoms with Gasteiger partial charge in [-0.15, -0.1) is 11.3 Å². The van der Waals surface area contributed by atoms with Crippen molar-refractivity contribution in [2.45, 2.75) is 45.6 Å². The molecule has 1 saturated heterocycles. The first-order chi connectivity index (χ1) is 8.88. The Morgan fingerprint density at radius 1 is 1.39 bits per heavy atom. The molecule has 0 unspecified atom stereocenters. The second-order valence-electron chi connectivity index (χ2n) is 5.05. The quantitative estimate of drug-likeness (QED) is 0.734. The number of hydrogen-bond donors (Lipinski definition) is 1. The fourth-order valence-electron chi connectivity index (χ4n) is 2.32. The first-order valence-corrected chi connectivity index (χ1v) is 8.07. The largest absolute Gasteiger partial charge is 0.312 e. The smallest absolute Gasteiger partial charge is 0.0940 e. The summed E-state index contributed by atoms with van der Waals surface area (Å²) in [6.07, 6.45) is 8.45. The number of nitrogens with one attached hydrogen (secondary N) is 1. The Labute approximate surface area is 115 Å². The van der Waals surface area contributed by atoms with E-state index in [1.807, 2.05) is 17.5 Å². The van der Waals surface area contributed by atoms with Gasteiger partial charge in [0, 0.05) is 30.6 Å². The number of nitrogens with zero attached hydrogens (tertiary/aromatic N) is 2. The van der Waals surface area contributed by atoms with Crippen LogP contribution in [0.25, 0.3) is 0 Å². The third kappa shape index (κ3) is 4.67. The maximum absolute atomic E-state index is 4.53. The summed E-state index contributed by atoms with van der Waals surface area (Å²) in [7, 11) is 0. The molecule has 18 heavy (non-hydrogen) atoms. The molecular formula is C14H25N3S. The molecule has 1 aromatic rings. The van der Waals surface area contributed by atoms with Crippen molar-refractivity contribution < 1.29 is 0 Å². The Morgan fingerprint density at radius 2 is 2.22 bits per heavy atom. The average Bonchev–Trinajstić information content (AvgIpc) is 3.03. The van der Waals surface area contributed by atoms with Gasteiger partial charge in [-0.2, -0.15) is 0 Å². The summed E-state index contributed by atoms with van der Waals surface area (Å²) < 4.78 is 0. The van der Waals surface area contributed by atoms with Crippen LogP contribution in [0.4, 0.5) is 0 Å². The summed E-state index contributed by atoms with van der Waals surface area (Å²) in [4.78, 5) is 8.46. The van der Waals surface area contributed by atoms with Crippen molar-refractivity contribution in [1.29, 1.82) is 0 Å². The fraction of sp³-hybridized carbons (Fsp3) is 0.786. The normalized spacial score (nSPS) is 16.5. The molecule has 4 heteroatoms. The van der Waals surface area contributed by atoms with Gasteiger partial charge in [-0.05, 0) is 38.9 Å². The molecule has 0 amide bonds. The van der Waals surface area contributed by atoms with Crippen molar-refractivity contribution in [3.05, 3.63) is 16.1 Å². The van der Waals surface area contributed by atoms with Crippen molar-refractivity contribution in [3.63, 3.8) is 0 Å². The molecule has 0 aliphatic carbocycles. The summed E-state index contributed by atoms with van der Waals surface area (Å²) in [5.41, 5.74) is 0. The van der Waals surface area contributed by atoms with Crippen LogP contribution in [-0.4, -0.2) is 36.1 Å². The Balaban J connectivity index is 1.65. The van der Waals surface area contributed by atoms with Crippen LogP contribution in [0.15, 0.2) is 6.20 Å².